The number of nitrogens with zero attached hydrogens (tertiary/aromatic N) is 1. The highest BCUT2D eigenvalue weighted by Gasteiger charge is 2.18. The van der Waals surface area contributed by atoms with Crippen molar-refractivity contribution in [1.29, 1.82) is 0 Å². The van der Waals surface area contributed by atoms with Gasteiger partial charge in [0.15, 0.2) is 0 Å². The Balaban J connectivity index is 0.00000196. The zero-order valence-corrected chi connectivity index (χ0v) is 10.8. The first kappa shape index (κ1) is 15.1. The van der Waals surface area contributed by atoms with E-state index in [0.29, 0.717) is 12.6 Å². The molecule has 15 heavy (non-hydrogen) atoms. The van der Waals surface area contributed by atoms with Crippen LogP contribution in [0.15, 0.2) is 0 Å². The summed E-state index contributed by atoms with van der Waals surface area (Å²) in [5, 5.41) is 3.28. The highest BCUT2D eigenvalue weighted by Crippen LogP contribution is 2.04. The van der Waals surface area contributed by atoms with Gasteiger partial charge in [-0.25, -0.2) is 13.1 Å². The molecule has 0 bridgehead atoms. The molecule has 1 aliphatic rings. The van der Waals surface area contributed by atoms with Crippen molar-refractivity contribution in [3.63, 3.8) is 0 Å². The molecule has 0 radical (unpaired) electrons. The number of hydrogen-bond donors (Lipinski definition) is 2. The Bertz CT molecular complexity index is 265. The first-order chi connectivity index (χ1) is 6.49. The van der Waals surface area contributed by atoms with Crippen molar-refractivity contribution >= 4 is 22.4 Å². The van der Waals surface area contributed by atoms with Crippen LogP contribution in [-0.2, 0) is 10.0 Å². The number of halogens is 1. The van der Waals surface area contributed by atoms with Gasteiger partial charge in [0.05, 0.1) is 6.26 Å². The monoisotopic (exact) mass is 257 g/mol. The fourth-order valence-electron chi connectivity index (χ4n) is 1.61. The summed E-state index contributed by atoms with van der Waals surface area (Å²) in [6.45, 7) is 3.33. The summed E-state index contributed by atoms with van der Waals surface area (Å²) in [6.07, 6.45) is 2.33. The van der Waals surface area contributed by atoms with Crippen molar-refractivity contribution in [3.8, 4) is 0 Å². The summed E-state index contributed by atoms with van der Waals surface area (Å²) < 4.78 is 24.1. The number of nitrogens with one attached hydrogen (secondary N) is 2. The molecular formula is C8H20ClN3O2S. The predicted octanol–water partition coefficient (Wildman–Crippen LogP) is -0.749. The Labute approximate surface area is 98.1 Å². The van der Waals surface area contributed by atoms with Crippen molar-refractivity contribution in [2.24, 2.45) is 0 Å². The molecule has 1 atom stereocenters. The van der Waals surface area contributed by atoms with Gasteiger partial charge in [0.2, 0.25) is 10.0 Å². The van der Waals surface area contributed by atoms with E-state index in [0.717, 1.165) is 26.1 Å². The van der Waals surface area contributed by atoms with Gasteiger partial charge in [-0.3, -0.25) is 0 Å². The number of hydrogen-bond acceptors (Lipinski definition) is 4. The van der Waals surface area contributed by atoms with Crippen LogP contribution in [-0.4, -0.2) is 58.8 Å². The van der Waals surface area contributed by atoms with Gasteiger partial charge in [-0.05, 0) is 20.0 Å². The number of sulfonamides is 1. The molecule has 0 aromatic carbocycles. The predicted molar refractivity (Wildman–Crippen MR) is 64.0 cm³/mol. The molecule has 92 valence electrons. The fraction of sp³-hybridized carbons (Fsp3) is 1.00. The summed E-state index contributed by atoms with van der Waals surface area (Å²) in [6, 6.07) is 0.552. The van der Waals surface area contributed by atoms with E-state index in [1.54, 1.807) is 0 Å². The van der Waals surface area contributed by atoms with Crippen LogP contribution in [0.1, 0.15) is 6.42 Å². The van der Waals surface area contributed by atoms with Crippen LogP contribution in [0, 0.1) is 0 Å². The minimum absolute atomic E-state index is 0. The summed E-state index contributed by atoms with van der Waals surface area (Å²) in [7, 11) is -1.01. The Hall–Kier alpha value is 0.120. The van der Waals surface area contributed by atoms with Gasteiger partial charge in [0.1, 0.15) is 0 Å². The fourth-order valence-corrected chi connectivity index (χ4v) is 2.07. The van der Waals surface area contributed by atoms with E-state index in [1.807, 2.05) is 7.05 Å². The quantitative estimate of drug-likeness (QED) is 0.681. The topological polar surface area (TPSA) is 61.4 Å². The first-order valence-corrected chi connectivity index (χ1v) is 6.74. The van der Waals surface area contributed by atoms with Crippen molar-refractivity contribution < 1.29 is 8.42 Å². The zero-order valence-electron chi connectivity index (χ0n) is 9.19. The summed E-state index contributed by atoms with van der Waals surface area (Å²) in [5.74, 6) is 0. The number of rotatable bonds is 5. The van der Waals surface area contributed by atoms with Gasteiger partial charge in [-0.15, -0.1) is 12.4 Å². The second kappa shape index (κ2) is 6.65. The van der Waals surface area contributed by atoms with E-state index < -0.39 is 10.0 Å². The van der Waals surface area contributed by atoms with Gasteiger partial charge < -0.3 is 10.2 Å². The third-order valence-electron chi connectivity index (χ3n) is 2.49. The minimum Gasteiger partial charge on any atom is -0.315 e. The Morgan fingerprint density at radius 1 is 1.53 bits per heavy atom. The second-order valence-electron chi connectivity index (χ2n) is 3.79. The maximum absolute atomic E-state index is 10.8. The number of likely N-dealkylation sites (N-methyl/N-ethyl adjacent to an activating group) is 1. The molecule has 0 aromatic rings. The molecule has 2 N–H and O–H groups in total. The van der Waals surface area contributed by atoms with Gasteiger partial charge in [-0.1, -0.05) is 0 Å². The van der Waals surface area contributed by atoms with Crippen LogP contribution in [0.5, 0.6) is 0 Å². The molecule has 1 fully saturated rings. The van der Waals surface area contributed by atoms with Crippen LogP contribution in [0.3, 0.4) is 0 Å². The lowest BCUT2D eigenvalue weighted by Gasteiger charge is -2.23. The molecule has 1 rings (SSSR count). The molecule has 7 heteroatoms. The molecule has 1 heterocycles. The molecule has 1 aliphatic heterocycles. The molecule has 0 aliphatic carbocycles. The first-order valence-electron chi connectivity index (χ1n) is 4.84. The third-order valence-corrected chi connectivity index (χ3v) is 3.21. The van der Waals surface area contributed by atoms with E-state index in [9.17, 15) is 8.42 Å². The molecule has 0 saturated carbocycles. The van der Waals surface area contributed by atoms with Crippen LogP contribution in [0.25, 0.3) is 0 Å². The average Bonchev–Trinajstić information content (AvgIpc) is 2.53. The largest absolute Gasteiger partial charge is 0.315 e. The van der Waals surface area contributed by atoms with Gasteiger partial charge in [0, 0.05) is 25.7 Å². The van der Waals surface area contributed by atoms with Crippen molar-refractivity contribution in [1.82, 2.24) is 14.9 Å². The lowest BCUT2D eigenvalue weighted by atomic mass is 10.2. The molecular weight excluding hydrogens is 238 g/mol. The lowest BCUT2D eigenvalue weighted by Crippen LogP contribution is -2.39. The van der Waals surface area contributed by atoms with Crippen LogP contribution < -0.4 is 10.0 Å². The minimum atomic E-state index is -3.04. The molecule has 0 spiro atoms. The maximum Gasteiger partial charge on any atom is 0.208 e. The Morgan fingerprint density at radius 2 is 2.20 bits per heavy atom. The molecule has 0 aromatic heterocycles. The SMILES string of the molecule is CN(CCNS(C)(=O)=O)C1CCNC1.Cl. The van der Waals surface area contributed by atoms with Crippen molar-refractivity contribution in [3.05, 3.63) is 0 Å². The normalized spacial score (nSPS) is 21.7. The maximum atomic E-state index is 10.8. The van der Waals surface area contributed by atoms with Crippen LogP contribution in [0.4, 0.5) is 0 Å². The standard InChI is InChI=1S/C8H19N3O2S.ClH/c1-11(8-3-4-9-7-8)6-5-10-14(2,12)13;/h8-10H,3-7H2,1-2H3;1H. The second-order valence-corrected chi connectivity index (χ2v) is 5.63. The van der Waals surface area contributed by atoms with E-state index in [1.165, 1.54) is 6.26 Å². The van der Waals surface area contributed by atoms with Crippen molar-refractivity contribution in [2.75, 3.05) is 39.5 Å². The zero-order chi connectivity index (χ0) is 10.6. The summed E-state index contributed by atoms with van der Waals surface area (Å²) in [5.41, 5.74) is 0. The molecule has 1 saturated heterocycles. The van der Waals surface area contributed by atoms with E-state index in [2.05, 4.69) is 14.9 Å². The van der Waals surface area contributed by atoms with E-state index in [-0.39, 0.29) is 12.4 Å². The summed E-state index contributed by atoms with van der Waals surface area (Å²) in [4.78, 5) is 2.19. The molecule has 0 amide bonds. The van der Waals surface area contributed by atoms with E-state index in [4.69, 9.17) is 0 Å². The van der Waals surface area contributed by atoms with Crippen LogP contribution >= 0.6 is 12.4 Å². The lowest BCUT2D eigenvalue weighted by molar-refractivity contribution is 0.261. The molecule has 5 nitrogen and oxygen atoms in total. The Morgan fingerprint density at radius 3 is 2.67 bits per heavy atom. The third kappa shape index (κ3) is 6.32. The summed E-state index contributed by atoms with van der Waals surface area (Å²) >= 11 is 0. The average molecular weight is 258 g/mol. The van der Waals surface area contributed by atoms with Gasteiger partial charge in [0.25, 0.3) is 0 Å². The van der Waals surface area contributed by atoms with Crippen molar-refractivity contribution in [2.45, 2.75) is 12.5 Å². The smallest absolute Gasteiger partial charge is 0.208 e. The van der Waals surface area contributed by atoms with Gasteiger partial charge >= 0.3 is 0 Å². The van der Waals surface area contributed by atoms with Crippen LogP contribution in [0.2, 0.25) is 0 Å². The molecule has 1 unspecified atom stereocenters. The van der Waals surface area contributed by atoms with Gasteiger partial charge in [-0.2, -0.15) is 0 Å². The highest BCUT2D eigenvalue weighted by molar-refractivity contribution is 7.88. The van der Waals surface area contributed by atoms with E-state index >= 15 is 0 Å². The highest BCUT2D eigenvalue weighted by atomic mass is 35.5. The Kier molecular flexibility index (Phi) is 6.70.